The van der Waals surface area contributed by atoms with Crippen molar-refractivity contribution in [3.63, 3.8) is 0 Å². The van der Waals surface area contributed by atoms with Crippen molar-refractivity contribution in [3.8, 4) is 0 Å². The molecule has 0 aliphatic carbocycles. The molecule has 2 unspecified atom stereocenters. The van der Waals surface area contributed by atoms with Gasteiger partial charge < -0.3 is 15.8 Å². The number of carbonyl (C=O) groups is 1. The Balaban J connectivity index is 2.77. The summed E-state index contributed by atoms with van der Waals surface area (Å²) in [7, 11) is 0. The summed E-state index contributed by atoms with van der Waals surface area (Å²) in [4.78, 5) is 14.1. The molecule has 0 radical (unpaired) electrons. The van der Waals surface area contributed by atoms with Gasteiger partial charge in [0.15, 0.2) is 5.84 Å². The van der Waals surface area contributed by atoms with E-state index < -0.39 is 5.41 Å². The summed E-state index contributed by atoms with van der Waals surface area (Å²) in [6.07, 6.45) is 1.01. The van der Waals surface area contributed by atoms with Crippen molar-refractivity contribution in [2.45, 2.75) is 34.1 Å². The van der Waals surface area contributed by atoms with Crippen LogP contribution in [-0.2, 0) is 4.79 Å². The molecule has 5 nitrogen and oxygen atoms in total. The van der Waals surface area contributed by atoms with Crippen molar-refractivity contribution < 1.29 is 10.0 Å². The van der Waals surface area contributed by atoms with E-state index in [9.17, 15) is 4.79 Å². The Bertz CT molecular complexity index is 326. The molecule has 1 rings (SSSR count). The molecule has 98 valence electrons. The van der Waals surface area contributed by atoms with Gasteiger partial charge in [0.1, 0.15) is 5.41 Å². The van der Waals surface area contributed by atoms with Crippen LogP contribution in [0.3, 0.4) is 0 Å². The minimum Gasteiger partial charge on any atom is -0.409 e. The first-order valence-electron chi connectivity index (χ1n) is 6.08. The van der Waals surface area contributed by atoms with Crippen molar-refractivity contribution in [1.82, 2.24) is 4.90 Å². The minimum absolute atomic E-state index is 0.0335. The number of rotatable bonds is 2. The zero-order valence-electron chi connectivity index (χ0n) is 11.1. The highest BCUT2D eigenvalue weighted by molar-refractivity contribution is 6.05. The molecular formula is C12H23N3O2. The number of nitrogens with zero attached hydrogens (tertiary/aromatic N) is 2. The minimum atomic E-state index is -0.935. The van der Waals surface area contributed by atoms with Gasteiger partial charge in [0.2, 0.25) is 5.91 Å². The van der Waals surface area contributed by atoms with Crippen LogP contribution in [0.2, 0.25) is 0 Å². The highest BCUT2D eigenvalue weighted by Crippen LogP contribution is 2.27. The zero-order chi connectivity index (χ0) is 13.2. The first-order chi connectivity index (χ1) is 7.80. The molecule has 0 aromatic rings. The summed E-state index contributed by atoms with van der Waals surface area (Å²) in [5.41, 5.74) is 4.64. The van der Waals surface area contributed by atoms with E-state index in [1.807, 2.05) is 4.90 Å². The number of amidine groups is 1. The van der Waals surface area contributed by atoms with Crippen LogP contribution in [0.15, 0.2) is 5.16 Å². The van der Waals surface area contributed by atoms with E-state index in [4.69, 9.17) is 10.9 Å². The van der Waals surface area contributed by atoms with Crippen LogP contribution in [0, 0.1) is 17.3 Å². The van der Waals surface area contributed by atoms with E-state index in [1.165, 1.54) is 0 Å². The fourth-order valence-corrected chi connectivity index (χ4v) is 2.08. The van der Waals surface area contributed by atoms with Crippen molar-refractivity contribution >= 4 is 11.7 Å². The molecule has 0 saturated carbocycles. The largest absolute Gasteiger partial charge is 0.409 e. The second kappa shape index (κ2) is 4.94. The van der Waals surface area contributed by atoms with Gasteiger partial charge in [-0.2, -0.15) is 0 Å². The number of carbonyl (C=O) groups excluding carboxylic acids is 1. The lowest BCUT2D eigenvalue weighted by molar-refractivity contribution is -0.139. The molecule has 1 aliphatic heterocycles. The highest BCUT2D eigenvalue weighted by Gasteiger charge is 2.38. The number of amides is 1. The Morgan fingerprint density at radius 1 is 1.41 bits per heavy atom. The second-order valence-corrected chi connectivity index (χ2v) is 5.60. The van der Waals surface area contributed by atoms with Crippen molar-refractivity contribution in [3.05, 3.63) is 0 Å². The van der Waals surface area contributed by atoms with Gasteiger partial charge in [-0.1, -0.05) is 19.0 Å². The summed E-state index contributed by atoms with van der Waals surface area (Å²) in [5, 5.41) is 11.7. The maximum absolute atomic E-state index is 12.3. The number of nitrogens with two attached hydrogens (primary N) is 1. The number of piperidine rings is 1. The topological polar surface area (TPSA) is 78.9 Å². The van der Waals surface area contributed by atoms with Gasteiger partial charge in [0.05, 0.1) is 0 Å². The van der Waals surface area contributed by atoms with Crippen LogP contribution in [0.4, 0.5) is 0 Å². The molecule has 0 aromatic heterocycles. The normalized spacial score (nSPS) is 27.1. The van der Waals surface area contributed by atoms with Crippen LogP contribution in [0.5, 0.6) is 0 Å². The van der Waals surface area contributed by atoms with E-state index >= 15 is 0 Å². The Labute approximate surface area is 103 Å². The molecule has 2 atom stereocenters. The molecule has 5 heteroatoms. The van der Waals surface area contributed by atoms with Gasteiger partial charge in [0.25, 0.3) is 0 Å². The Kier molecular flexibility index (Phi) is 4.01. The number of oxime groups is 1. The number of likely N-dealkylation sites (tertiary alicyclic amines) is 1. The first-order valence-corrected chi connectivity index (χ1v) is 6.08. The smallest absolute Gasteiger partial charge is 0.235 e. The molecule has 0 aromatic carbocycles. The molecule has 0 bridgehead atoms. The monoisotopic (exact) mass is 241 g/mol. The van der Waals surface area contributed by atoms with Crippen LogP contribution in [0.1, 0.15) is 34.1 Å². The Morgan fingerprint density at radius 2 is 2.00 bits per heavy atom. The summed E-state index contributed by atoms with van der Waals surface area (Å²) in [5.74, 6) is 1.04. The third kappa shape index (κ3) is 2.70. The third-order valence-corrected chi connectivity index (χ3v) is 3.90. The molecule has 3 N–H and O–H groups in total. The van der Waals surface area contributed by atoms with Gasteiger partial charge in [0, 0.05) is 13.1 Å². The quantitative estimate of drug-likeness (QED) is 0.330. The van der Waals surface area contributed by atoms with Crippen LogP contribution in [0.25, 0.3) is 0 Å². The Morgan fingerprint density at radius 3 is 2.47 bits per heavy atom. The lowest BCUT2D eigenvalue weighted by atomic mass is 9.85. The van der Waals surface area contributed by atoms with E-state index in [1.54, 1.807) is 13.8 Å². The summed E-state index contributed by atoms with van der Waals surface area (Å²) >= 11 is 0. The van der Waals surface area contributed by atoms with E-state index in [0.717, 1.165) is 19.5 Å². The molecule has 1 amide bonds. The third-order valence-electron chi connectivity index (χ3n) is 3.90. The van der Waals surface area contributed by atoms with E-state index in [0.29, 0.717) is 11.8 Å². The van der Waals surface area contributed by atoms with Crippen molar-refractivity contribution in [1.29, 1.82) is 0 Å². The standard InChI is InChI=1S/C12H23N3O2/c1-8-5-6-15(7-9(8)2)11(16)12(3,4)10(13)14-17/h8-9,17H,5-7H2,1-4H3,(H2,13,14). The van der Waals surface area contributed by atoms with E-state index in [-0.39, 0.29) is 11.7 Å². The number of hydrogen-bond donors (Lipinski definition) is 2. The summed E-state index contributed by atoms with van der Waals surface area (Å²) in [6.45, 7) is 9.25. The molecule has 1 fully saturated rings. The van der Waals surface area contributed by atoms with Crippen LogP contribution < -0.4 is 5.73 Å². The Hall–Kier alpha value is -1.26. The van der Waals surface area contributed by atoms with Gasteiger partial charge in [-0.05, 0) is 32.1 Å². The van der Waals surface area contributed by atoms with Gasteiger partial charge in [-0.15, -0.1) is 0 Å². The molecule has 1 saturated heterocycles. The molecular weight excluding hydrogens is 218 g/mol. The predicted molar refractivity (Wildman–Crippen MR) is 66.7 cm³/mol. The van der Waals surface area contributed by atoms with Crippen LogP contribution >= 0.6 is 0 Å². The zero-order valence-corrected chi connectivity index (χ0v) is 11.1. The summed E-state index contributed by atoms with van der Waals surface area (Å²) < 4.78 is 0. The first kappa shape index (κ1) is 13.8. The molecule has 1 aliphatic rings. The highest BCUT2D eigenvalue weighted by atomic mass is 16.4. The van der Waals surface area contributed by atoms with Gasteiger partial charge in [-0.3, -0.25) is 4.79 Å². The maximum atomic E-state index is 12.3. The van der Waals surface area contributed by atoms with Gasteiger partial charge >= 0.3 is 0 Å². The van der Waals surface area contributed by atoms with Crippen molar-refractivity contribution in [2.75, 3.05) is 13.1 Å². The second-order valence-electron chi connectivity index (χ2n) is 5.60. The number of hydrogen-bond acceptors (Lipinski definition) is 3. The van der Waals surface area contributed by atoms with Crippen molar-refractivity contribution in [2.24, 2.45) is 28.1 Å². The fourth-order valence-electron chi connectivity index (χ4n) is 2.08. The van der Waals surface area contributed by atoms with Gasteiger partial charge in [-0.25, -0.2) is 0 Å². The summed E-state index contributed by atoms with van der Waals surface area (Å²) in [6, 6.07) is 0. The van der Waals surface area contributed by atoms with E-state index in [2.05, 4.69) is 19.0 Å². The molecule has 17 heavy (non-hydrogen) atoms. The lowest BCUT2D eigenvalue weighted by Crippen LogP contribution is -2.51. The lowest BCUT2D eigenvalue weighted by Gasteiger charge is -2.38. The fraction of sp³-hybridized carbons (Fsp3) is 0.833. The molecule has 0 spiro atoms. The maximum Gasteiger partial charge on any atom is 0.235 e. The SMILES string of the molecule is CC1CCN(C(=O)C(C)(C)C(N)=NO)CC1C. The average Bonchev–Trinajstić information content (AvgIpc) is 2.30. The molecule has 1 heterocycles. The average molecular weight is 241 g/mol. The predicted octanol–water partition coefficient (Wildman–Crippen LogP) is 1.26. The van der Waals surface area contributed by atoms with Crippen LogP contribution in [-0.4, -0.2) is 34.9 Å².